The molecule has 2 fully saturated rings. The predicted molar refractivity (Wildman–Crippen MR) is 114 cm³/mol. The number of carbonyl (C=O) groups is 3. The van der Waals surface area contributed by atoms with Crippen LogP contribution in [0, 0.1) is 17.8 Å². The molecule has 1 N–H and O–H groups in total. The highest BCUT2D eigenvalue weighted by Crippen LogP contribution is 2.43. The van der Waals surface area contributed by atoms with Gasteiger partial charge >= 0.3 is 0 Å². The van der Waals surface area contributed by atoms with Crippen LogP contribution in [0.15, 0.2) is 35.3 Å². The maximum Gasteiger partial charge on any atom is 0.293 e. The summed E-state index contributed by atoms with van der Waals surface area (Å²) in [6, 6.07) is 5.28. The van der Waals surface area contributed by atoms with Crippen molar-refractivity contribution in [3.8, 4) is 11.5 Å². The van der Waals surface area contributed by atoms with Gasteiger partial charge in [-0.1, -0.05) is 18.2 Å². The molecule has 30 heavy (non-hydrogen) atoms. The van der Waals surface area contributed by atoms with Crippen molar-refractivity contribution in [2.75, 3.05) is 27.3 Å². The van der Waals surface area contributed by atoms with Gasteiger partial charge in [0.05, 0.1) is 19.1 Å². The molecule has 1 aliphatic heterocycles. The van der Waals surface area contributed by atoms with Gasteiger partial charge in [-0.2, -0.15) is 0 Å². The first-order valence-electron chi connectivity index (χ1n) is 9.93. The highest BCUT2D eigenvalue weighted by Gasteiger charge is 2.40. The zero-order chi connectivity index (χ0) is 21.3. The van der Waals surface area contributed by atoms with E-state index in [0.717, 1.165) is 30.2 Å². The number of methoxy groups -OCH3 is 2. The Balaban J connectivity index is 1.35. The Morgan fingerprint density at radius 2 is 2.00 bits per heavy atom. The summed E-state index contributed by atoms with van der Waals surface area (Å²) in [6.07, 6.45) is 7.94. The number of rotatable bonds is 7. The summed E-state index contributed by atoms with van der Waals surface area (Å²) < 4.78 is 10.5. The summed E-state index contributed by atoms with van der Waals surface area (Å²) >= 11 is 0.899. The Morgan fingerprint density at radius 1 is 1.20 bits per heavy atom. The van der Waals surface area contributed by atoms with Crippen LogP contribution in [0.4, 0.5) is 4.79 Å². The number of amides is 3. The van der Waals surface area contributed by atoms with Crippen molar-refractivity contribution in [2.24, 2.45) is 17.8 Å². The second-order valence-electron chi connectivity index (χ2n) is 7.63. The van der Waals surface area contributed by atoms with Crippen LogP contribution >= 0.6 is 11.8 Å². The molecule has 0 aromatic heterocycles. The molecule has 7 nitrogen and oxygen atoms in total. The first-order chi connectivity index (χ1) is 14.5. The minimum Gasteiger partial charge on any atom is -0.493 e. The topological polar surface area (TPSA) is 84.9 Å². The van der Waals surface area contributed by atoms with Crippen LogP contribution in [0.3, 0.4) is 0 Å². The van der Waals surface area contributed by atoms with Crippen LogP contribution in [-0.4, -0.2) is 49.3 Å². The molecule has 1 heterocycles. The number of ether oxygens (including phenoxy) is 2. The molecule has 2 aliphatic carbocycles. The zero-order valence-corrected chi connectivity index (χ0v) is 17.7. The monoisotopic (exact) mass is 428 g/mol. The Labute approximate surface area is 179 Å². The largest absolute Gasteiger partial charge is 0.493 e. The fourth-order valence-electron chi connectivity index (χ4n) is 4.29. The first-order valence-corrected chi connectivity index (χ1v) is 10.7. The van der Waals surface area contributed by atoms with Crippen molar-refractivity contribution in [2.45, 2.75) is 12.8 Å². The van der Waals surface area contributed by atoms with Crippen molar-refractivity contribution >= 4 is 34.9 Å². The van der Waals surface area contributed by atoms with E-state index in [2.05, 4.69) is 17.5 Å². The van der Waals surface area contributed by atoms with E-state index in [1.165, 1.54) is 12.0 Å². The molecule has 3 amide bonds. The zero-order valence-electron chi connectivity index (χ0n) is 16.9. The van der Waals surface area contributed by atoms with Crippen molar-refractivity contribution in [1.82, 2.24) is 10.2 Å². The summed E-state index contributed by atoms with van der Waals surface area (Å²) in [5, 5.41) is 2.56. The number of allylic oxidation sites excluding steroid dienone is 2. The molecular weight excluding hydrogens is 404 g/mol. The maximum absolute atomic E-state index is 12.7. The van der Waals surface area contributed by atoms with E-state index < -0.39 is 0 Å². The SMILES string of the molecule is COc1ccc(C=C2SC(=O)N(CCNC(=O)C3CC4C=CC3C4)C2=O)cc1OC. The van der Waals surface area contributed by atoms with E-state index >= 15 is 0 Å². The lowest BCUT2D eigenvalue weighted by atomic mass is 9.93. The Kier molecular flexibility index (Phi) is 5.85. The quantitative estimate of drug-likeness (QED) is 0.531. The molecule has 0 radical (unpaired) electrons. The first kappa shape index (κ1) is 20.5. The highest BCUT2D eigenvalue weighted by molar-refractivity contribution is 8.18. The molecule has 1 aromatic rings. The average molecular weight is 429 g/mol. The van der Waals surface area contributed by atoms with Crippen molar-refractivity contribution in [1.29, 1.82) is 0 Å². The van der Waals surface area contributed by atoms with Gasteiger partial charge < -0.3 is 14.8 Å². The van der Waals surface area contributed by atoms with Gasteiger partial charge in [0.2, 0.25) is 5.91 Å². The Bertz CT molecular complexity index is 941. The smallest absolute Gasteiger partial charge is 0.293 e. The van der Waals surface area contributed by atoms with E-state index in [0.29, 0.717) is 28.2 Å². The fourth-order valence-corrected chi connectivity index (χ4v) is 5.16. The summed E-state index contributed by atoms with van der Waals surface area (Å²) in [5.41, 5.74) is 0.732. The van der Waals surface area contributed by atoms with Crippen LogP contribution in [0.25, 0.3) is 6.08 Å². The molecule has 158 valence electrons. The van der Waals surface area contributed by atoms with Gasteiger partial charge in [0, 0.05) is 19.0 Å². The lowest BCUT2D eigenvalue weighted by Crippen LogP contribution is -2.40. The second kappa shape index (κ2) is 8.55. The number of carbonyl (C=O) groups excluding carboxylic acids is 3. The number of imide groups is 1. The van der Waals surface area contributed by atoms with Crippen LogP contribution in [0.5, 0.6) is 11.5 Å². The van der Waals surface area contributed by atoms with Crippen LogP contribution in [0.2, 0.25) is 0 Å². The molecule has 8 heteroatoms. The molecule has 3 aliphatic rings. The lowest BCUT2D eigenvalue weighted by molar-refractivity contribution is -0.127. The third-order valence-corrected chi connectivity index (χ3v) is 6.74. The molecule has 1 aromatic carbocycles. The van der Waals surface area contributed by atoms with Crippen LogP contribution < -0.4 is 14.8 Å². The summed E-state index contributed by atoms with van der Waals surface area (Å²) in [4.78, 5) is 38.9. The summed E-state index contributed by atoms with van der Waals surface area (Å²) in [6.45, 7) is 0.425. The minimum absolute atomic E-state index is 0.0136. The number of hydrogen-bond donors (Lipinski definition) is 1. The Morgan fingerprint density at radius 3 is 2.67 bits per heavy atom. The molecule has 3 unspecified atom stereocenters. The van der Waals surface area contributed by atoms with E-state index in [9.17, 15) is 14.4 Å². The fraction of sp³-hybridized carbons (Fsp3) is 0.409. The van der Waals surface area contributed by atoms with E-state index in [1.54, 1.807) is 31.4 Å². The molecule has 0 spiro atoms. The third-order valence-electron chi connectivity index (χ3n) is 5.83. The standard InChI is InChI=1S/C22H24N2O5S/c1-28-17-6-4-14(11-18(17)29-2)12-19-21(26)24(22(27)30-19)8-7-23-20(25)16-10-13-3-5-15(16)9-13/h3-6,11-13,15-16H,7-10H2,1-2H3,(H,23,25). The van der Waals surface area contributed by atoms with Crippen LogP contribution in [-0.2, 0) is 9.59 Å². The van der Waals surface area contributed by atoms with Gasteiger partial charge in [-0.3, -0.25) is 19.3 Å². The maximum atomic E-state index is 12.7. The number of thioether (sulfide) groups is 1. The van der Waals surface area contributed by atoms with Crippen LogP contribution in [0.1, 0.15) is 18.4 Å². The molecule has 4 rings (SSSR count). The minimum atomic E-state index is -0.350. The van der Waals surface area contributed by atoms with E-state index in [4.69, 9.17) is 9.47 Å². The molecule has 2 bridgehead atoms. The Hall–Kier alpha value is -2.74. The van der Waals surface area contributed by atoms with Gasteiger partial charge in [-0.15, -0.1) is 0 Å². The number of benzene rings is 1. The molecule has 1 saturated heterocycles. The molecule has 1 saturated carbocycles. The van der Waals surface area contributed by atoms with Crippen molar-refractivity contribution < 1.29 is 23.9 Å². The van der Waals surface area contributed by atoms with Gasteiger partial charge in [-0.25, -0.2) is 0 Å². The normalized spacial score (nSPS) is 26.0. The predicted octanol–water partition coefficient (Wildman–Crippen LogP) is 3.07. The highest BCUT2D eigenvalue weighted by atomic mass is 32.2. The van der Waals surface area contributed by atoms with Crippen molar-refractivity contribution in [3.63, 3.8) is 0 Å². The van der Waals surface area contributed by atoms with Gasteiger partial charge in [0.25, 0.3) is 11.1 Å². The van der Waals surface area contributed by atoms with Gasteiger partial charge in [0.15, 0.2) is 11.5 Å². The lowest BCUT2D eigenvalue weighted by Gasteiger charge is -2.19. The van der Waals surface area contributed by atoms with Gasteiger partial charge in [-0.05, 0) is 60.2 Å². The summed E-state index contributed by atoms with van der Waals surface area (Å²) in [7, 11) is 3.09. The number of fused-ring (bicyclic) bond motifs is 2. The number of nitrogens with one attached hydrogen (secondary N) is 1. The average Bonchev–Trinajstić information content (AvgIpc) is 3.45. The second-order valence-corrected chi connectivity index (χ2v) is 8.62. The summed E-state index contributed by atoms with van der Waals surface area (Å²) in [5.74, 6) is 1.66. The number of nitrogens with zero attached hydrogens (tertiary/aromatic N) is 1. The third kappa shape index (κ3) is 3.96. The molecular formula is C22H24N2O5S. The van der Waals surface area contributed by atoms with E-state index in [-0.39, 0.29) is 36.1 Å². The van der Waals surface area contributed by atoms with Gasteiger partial charge in [0.1, 0.15) is 0 Å². The number of hydrogen-bond acceptors (Lipinski definition) is 6. The van der Waals surface area contributed by atoms with E-state index in [1.807, 2.05) is 0 Å². The van der Waals surface area contributed by atoms with Crippen molar-refractivity contribution in [3.05, 3.63) is 40.8 Å². The molecule has 3 atom stereocenters.